The number of imide groups is 1. The van der Waals surface area contributed by atoms with Gasteiger partial charge in [0.25, 0.3) is 0 Å². The molecule has 6 heteroatoms. The number of nitrogens with two attached hydrogens (primary N) is 1. The van der Waals surface area contributed by atoms with E-state index in [9.17, 15) is 14.4 Å². The van der Waals surface area contributed by atoms with Gasteiger partial charge in [-0.2, -0.15) is 0 Å². The van der Waals surface area contributed by atoms with Gasteiger partial charge in [0.2, 0.25) is 11.8 Å². The SMILES string of the molecule is CCCCCCC(=O)C(CCNCCCCN)N(C(=O)CCCCCC)C(=O)CCCCCC. The molecular weight excluding hydrogens is 426 g/mol. The number of nitrogens with zero attached hydrogens (tertiary/aromatic N) is 1. The zero-order valence-corrected chi connectivity index (χ0v) is 22.7. The molecule has 0 saturated heterocycles. The Hall–Kier alpha value is -1.27. The van der Waals surface area contributed by atoms with Crippen LogP contribution in [0.1, 0.15) is 136 Å². The van der Waals surface area contributed by atoms with Crippen LogP contribution in [0.3, 0.4) is 0 Å². The standard InChI is InChI=1S/C28H55N3O3/c1-4-7-10-13-18-26(32)25(21-24-30-23-17-16-22-29)31(27(33)19-14-11-8-5-2)28(34)20-15-12-9-6-3/h25,30H,4-24,29H2,1-3H3. The molecule has 0 fully saturated rings. The zero-order chi connectivity index (χ0) is 25.4. The first kappa shape index (κ1) is 32.7. The van der Waals surface area contributed by atoms with Gasteiger partial charge in [0.15, 0.2) is 5.78 Å². The molecule has 0 saturated carbocycles. The van der Waals surface area contributed by atoms with Crippen molar-refractivity contribution >= 4 is 17.6 Å². The van der Waals surface area contributed by atoms with Crippen molar-refractivity contribution in [3.8, 4) is 0 Å². The molecule has 34 heavy (non-hydrogen) atoms. The molecular formula is C28H55N3O3. The third-order valence-electron chi connectivity index (χ3n) is 6.39. The summed E-state index contributed by atoms with van der Waals surface area (Å²) in [4.78, 5) is 41.2. The highest BCUT2D eigenvalue weighted by Crippen LogP contribution is 2.18. The lowest BCUT2D eigenvalue weighted by molar-refractivity contribution is -0.152. The fourth-order valence-electron chi connectivity index (χ4n) is 4.22. The van der Waals surface area contributed by atoms with Crippen molar-refractivity contribution < 1.29 is 14.4 Å². The summed E-state index contributed by atoms with van der Waals surface area (Å²) in [7, 11) is 0. The van der Waals surface area contributed by atoms with Crippen LogP contribution in [0.25, 0.3) is 0 Å². The monoisotopic (exact) mass is 481 g/mol. The molecule has 2 amide bonds. The van der Waals surface area contributed by atoms with Crippen LogP contribution in [-0.2, 0) is 14.4 Å². The van der Waals surface area contributed by atoms with Gasteiger partial charge in [0, 0.05) is 19.3 Å². The van der Waals surface area contributed by atoms with E-state index in [1.807, 2.05) is 0 Å². The Morgan fingerprint density at radius 2 is 1.15 bits per heavy atom. The molecule has 200 valence electrons. The number of carbonyl (C=O) groups excluding carboxylic acids is 3. The Bertz CT molecular complexity index is 501. The van der Waals surface area contributed by atoms with Crippen LogP contribution in [0.4, 0.5) is 0 Å². The Morgan fingerprint density at radius 3 is 1.62 bits per heavy atom. The quantitative estimate of drug-likeness (QED) is 0.167. The fraction of sp³-hybridized carbons (Fsp3) is 0.893. The number of nitrogens with one attached hydrogen (secondary N) is 1. The molecule has 3 N–H and O–H groups in total. The summed E-state index contributed by atoms with van der Waals surface area (Å²) in [6, 6.07) is -0.638. The van der Waals surface area contributed by atoms with Crippen molar-refractivity contribution in [3.63, 3.8) is 0 Å². The van der Waals surface area contributed by atoms with E-state index in [-0.39, 0.29) is 17.6 Å². The maximum atomic E-state index is 13.3. The Balaban J connectivity index is 5.34. The van der Waals surface area contributed by atoms with Crippen LogP contribution in [0.2, 0.25) is 0 Å². The summed E-state index contributed by atoms with van der Waals surface area (Å²) < 4.78 is 0. The third-order valence-corrected chi connectivity index (χ3v) is 6.39. The summed E-state index contributed by atoms with van der Waals surface area (Å²) >= 11 is 0. The van der Waals surface area contributed by atoms with Gasteiger partial charge >= 0.3 is 0 Å². The van der Waals surface area contributed by atoms with Gasteiger partial charge in [-0.25, -0.2) is 0 Å². The lowest BCUT2D eigenvalue weighted by atomic mass is 9.99. The first-order chi connectivity index (χ1) is 16.5. The normalized spacial score (nSPS) is 12.0. The van der Waals surface area contributed by atoms with Gasteiger partial charge in [-0.15, -0.1) is 0 Å². The molecule has 0 aromatic heterocycles. The Morgan fingerprint density at radius 1 is 0.647 bits per heavy atom. The second-order valence-electron chi connectivity index (χ2n) is 9.61. The van der Waals surface area contributed by atoms with Crippen molar-refractivity contribution in [1.29, 1.82) is 0 Å². The predicted octanol–water partition coefficient (Wildman–Crippen LogP) is 5.91. The predicted molar refractivity (Wildman–Crippen MR) is 143 cm³/mol. The molecule has 0 aromatic rings. The van der Waals surface area contributed by atoms with Gasteiger partial charge in [-0.05, 0) is 58.2 Å². The van der Waals surface area contributed by atoms with E-state index in [4.69, 9.17) is 5.73 Å². The van der Waals surface area contributed by atoms with Crippen LogP contribution in [0.15, 0.2) is 0 Å². The van der Waals surface area contributed by atoms with E-state index in [1.54, 1.807) is 0 Å². The summed E-state index contributed by atoms with van der Waals surface area (Å²) in [6.07, 6.45) is 15.6. The van der Waals surface area contributed by atoms with Crippen LogP contribution in [-0.4, -0.2) is 48.2 Å². The molecule has 0 bridgehead atoms. The minimum atomic E-state index is -0.638. The number of hydrogen-bond acceptors (Lipinski definition) is 5. The highest BCUT2D eigenvalue weighted by molar-refractivity contribution is 6.00. The largest absolute Gasteiger partial charge is 0.330 e. The lowest BCUT2D eigenvalue weighted by Gasteiger charge is -2.30. The minimum Gasteiger partial charge on any atom is -0.330 e. The van der Waals surface area contributed by atoms with Gasteiger partial charge in [0.05, 0.1) is 6.04 Å². The number of ketones is 1. The van der Waals surface area contributed by atoms with E-state index >= 15 is 0 Å². The minimum absolute atomic E-state index is 0.0451. The van der Waals surface area contributed by atoms with E-state index in [0.717, 1.165) is 96.4 Å². The summed E-state index contributed by atoms with van der Waals surface area (Å²) in [5, 5.41) is 3.38. The molecule has 0 radical (unpaired) electrons. The van der Waals surface area contributed by atoms with Crippen LogP contribution < -0.4 is 11.1 Å². The lowest BCUT2D eigenvalue weighted by Crippen LogP contribution is -2.49. The maximum Gasteiger partial charge on any atom is 0.229 e. The van der Waals surface area contributed by atoms with Crippen LogP contribution in [0, 0.1) is 0 Å². The highest BCUT2D eigenvalue weighted by Gasteiger charge is 2.33. The number of Topliss-reactive ketones (excluding diaryl/α,β-unsaturated/α-hetero) is 1. The molecule has 0 aliphatic heterocycles. The van der Waals surface area contributed by atoms with Gasteiger partial charge < -0.3 is 11.1 Å². The van der Waals surface area contributed by atoms with Gasteiger partial charge in [-0.3, -0.25) is 19.3 Å². The summed E-state index contributed by atoms with van der Waals surface area (Å²) in [6.45, 7) is 8.57. The molecule has 0 rings (SSSR count). The number of amides is 2. The van der Waals surface area contributed by atoms with E-state index in [1.165, 1.54) is 4.90 Å². The van der Waals surface area contributed by atoms with Crippen LogP contribution in [0.5, 0.6) is 0 Å². The molecule has 1 atom stereocenters. The van der Waals surface area contributed by atoms with Crippen molar-refractivity contribution in [2.24, 2.45) is 5.73 Å². The topological polar surface area (TPSA) is 92.5 Å². The van der Waals surface area contributed by atoms with Crippen molar-refractivity contribution in [2.45, 2.75) is 142 Å². The molecule has 1 unspecified atom stereocenters. The molecule has 0 heterocycles. The van der Waals surface area contributed by atoms with Gasteiger partial charge in [0.1, 0.15) is 0 Å². The molecule has 6 nitrogen and oxygen atoms in total. The molecule has 0 aliphatic rings. The number of carbonyl (C=O) groups is 3. The summed E-state index contributed by atoms with van der Waals surface area (Å²) in [5.41, 5.74) is 5.57. The second-order valence-corrected chi connectivity index (χ2v) is 9.61. The van der Waals surface area contributed by atoms with Crippen molar-refractivity contribution in [3.05, 3.63) is 0 Å². The van der Waals surface area contributed by atoms with Crippen molar-refractivity contribution in [2.75, 3.05) is 19.6 Å². The maximum absolute atomic E-state index is 13.3. The second kappa shape index (κ2) is 23.5. The van der Waals surface area contributed by atoms with E-state index in [2.05, 4.69) is 26.1 Å². The average Bonchev–Trinajstić information content (AvgIpc) is 2.83. The molecule has 0 spiro atoms. The summed E-state index contributed by atoms with van der Waals surface area (Å²) in [5.74, 6) is -0.276. The Kier molecular flexibility index (Phi) is 22.6. The number of unbranched alkanes of at least 4 members (excludes halogenated alkanes) is 10. The molecule has 0 aromatic carbocycles. The number of rotatable bonds is 24. The number of hydrogen-bond donors (Lipinski definition) is 2. The van der Waals surface area contributed by atoms with Crippen molar-refractivity contribution in [1.82, 2.24) is 10.2 Å². The first-order valence-electron chi connectivity index (χ1n) is 14.3. The highest BCUT2D eigenvalue weighted by atomic mass is 16.2. The van der Waals surface area contributed by atoms with Crippen LogP contribution >= 0.6 is 0 Å². The third kappa shape index (κ3) is 16.4. The Labute approximate surface area is 210 Å². The van der Waals surface area contributed by atoms with E-state index in [0.29, 0.717) is 38.8 Å². The van der Waals surface area contributed by atoms with E-state index < -0.39 is 6.04 Å². The first-order valence-corrected chi connectivity index (χ1v) is 14.3. The fourth-order valence-corrected chi connectivity index (χ4v) is 4.22. The molecule has 0 aliphatic carbocycles. The smallest absolute Gasteiger partial charge is 0.229 e. The zero-order valence-electron chi connectivity index (χ0n) is 22.7. The average molecular weight is 482 g/mol. The van der Waals surface area contributed by atoms with Gasteiger partial charge in [-0.1, -0.05) is 78.6 Å².